The molecule has 6 fully saturated rings. The van der Waals surface area contributed by atoms with Gasteiger partial charge in [0.2, 0.25) is 0 Å². The Labute approximate surface area is 342 Å². The zero-order valence-corrected chi connectivity index (χ0v) is 35.0. The molecule has 11 unspecified atom stereocenters. The standard InChI is InChI=1S/C48H60ClFN2O5/c1-43(2)30-10-9-29(35(43)23-30)27-52(42(55)51-31-11-13-33(57-5)14-12-31)28-47(56)20-17-41-45(47,4)19-16-40-44(3)18-15-32(53)25-46(44)21-22-48(40,41)36(26-46)39(54)24-34-37(49)7-6-8-38(34)50/h6-8,11-14,21-22,26,29-30,32,35,40-41,53,56H,9-10,15-20,23-25,27-28H2,1-5H3,(H,51,55). The van der Waals surface area contributed by atoms with Crippen LogP contribution in [0.3, 0.4) is 0 Å². The first-order chi connectivity index (χ1) is 27.0. The number of aliphatic hydroxyl groups is 2. The monoisotopic (exact) mass is 798 g/mol. The normalized spacial score (nSPS) is 40.5. The SMILES string of the molecule is COc1ccc(NC(=O)N(CC2CCC3CC2C3(C)C)CC2(O)CCC3C45C=CC6(C=C4C(=O)Cc4c(F)cccc4Cl)CC(O)CCC6(C)C5CCC32C)cc1. The van der Waals surface area contributed by atoms with Gasteiger partial charge in [-0.15, -0.1) is 0 Å². The highest BCUT2D eigenvalue weighted by molar-refractivity contribution is 6.31. The molecule has 2 aromatic rings. The minimum atomic E-state index is -1.21. The van der Waals surface area contributed by atoms with Gasteiger partial charge in [0.15, 0.2) is 5.78 Å². The number of rotatable bonds is 9. The number of urea groups is 1. The summed E-state index contributed by atoms with van der Waals surface area (Å²) in [7, 11) is 1.62. The highest BCUT2D eigenvalue weighted by Gasteiger charge is 2.74. The van der Waals surface area contributed by atoms with Crippen molar-refractivity contribution in [3.63, 3.8) is 0 Å². The molecule has 2 aromatic carbocycles. The third-order valence-corrected chi connectivity index (χ3v) is 18.3. The third kappa shape index (κ3) is 5.61. The van der Waals surface area contributed by atoms with E-state index in [1.54, 1.807) is 19.2 Å². The van der Waals surface area contributed by atoms with Crippen molar-refractivity contribution < 1.29 is 28.9 Å². The topological polar surface area (TPSA) is 99.1 Å². The molecule has 0 saturated heterocycles. The maximum Gasteiger partial charge on any atom is 0.321 e. The number of halogens is 2. The maximum absolute atomic E-state index is 15.3. The quantitative estimate of drug-likeness (QED) is 0.220. The largest absolute Gasteiger partial charge is 0.497 e. The van der Waals surface area contributed by atoms with Gasteiger partial charge in [-0.05, 0) is 141 Å². The van der Waals surface area contributed by atoms with Crippen LogP contribution in [0, 0.1) is 62.5 Å². The molecule has 9 aliphatic carbocycles. The van der Waals surface area contributed by atoms with Crippen LogP contribution >= 0.6 is 11.6 Å². The van der Waals surface area contributed by atoms with E-state index in [4.69, 9.17) is 16.3 Å². The van der Waals surface area contributed by atoms with Gasteiger partial charge in [0.05, 0.1) is 25.4 Å². The molecule has 2 amide bonds. The Morgan fingerprint density at radius 1 is 0.947 bits per heavy atom. The molecular weight excluding hydrogens is 739 g/mol. The van der Waals surface area contributed by atoms with Gasteiger partial charge in [0.1, 0.15) is 11.6 Å². The van der Waals surface area contributed by atoms with Gasteiger partial charge in [0, 0.05) is 51.1 Å². The molecule has 0 aliphatic heterocycles. The molecule has 11 atom stereocenters. The Kier molecular flexibility index (Phi) is 9.24. The lowest BCUT2D eigenvalue weighted by Gasteiger charge is -2.71. The molecule has 9 heteroatoms. The van der Waals surface area contributed by atoms with Crippen molar-refractivity contribution in [2.45, 2.75) is 110 Å². The van der Waals surface area contributed by atoms with E-state index in [0.29, 0.717) is 61.1 Å². The van der Waals surface area contributed by atoms with Crippen LogP contribution in [0.15, 0.2) is 66.3 Å². The fourth-order valence-electron chi connectivity index (χ4n) is 14.5. The van der Waals surface area contributed by atoms with E-state index in [1.807, 2.05) is 29.2 Å². The lowest BCUT2D eigenvalue weighted by atomic mass is 9.32. The number of ketones is 1. The van der Waals surface area contributed by atoms with E-state index in [0.717, 1.165) is 31.6 Å². The Morgan fingerprint density at radius 3 is 2.37 bits per heavy atom. The fourth-order valence-corrected chi connectivity index (χ4v) is 14.7. The zero-order chi connectivity index (χ0) is 40.3. The molecule has 6 saturated carbocycles. The molecule has 11 rings (SSSR count). The summed E-state index contributed by atoms with van der Waals surface area (Å²) >= 11 is 6.53. The smallest absolute Gasteiger partial charge is 0.321 e. The second-order valence-corrected chi connectivity index (χ2v) is 20.8. The third-order valence-electron chi connectivity index (χ3n) is 17.9. The second-order valence-electron chi connectivity index (χ2n) is 20.3. The van der Waals surface area contributed by atoms with Gasteiger partial charge < -0.3 is 25.2 Å². The number of fused-ring (bicyclic) bond motifs is 3. The summed E-state index contributed by atoms with van der Waals surface area (Å²) < 4.78 is 20.6. The summed E-state index contributed by atoms with van der Waals surface area (Å²) in [6.45, 7) is 10.1. The van der Waals surface area contributed by atoms with Crippen LogP contribution in [0.25, 0.3) is 0 Å². The number of hydrogen-bond donors (Lipinski definition) is 3. The number of nitrogens with zero attached hydrogens (tertiary/aromatic N) is 1. The summed E-state index contributed by atoms with van der Waals surface area (Å²) in [5.74, 6) is 1.71. The highest BCUT2D eigenvalue weighted by Crippen LogP contribution is 2.78. The molecule has 0 aromatic heterocycles. The van der Waals surface area contributed by atoms with Gasteiger partial charge >= 0.3 is 6.03 Å². The predicted octanol–water partition coefficient (Wildman–Crippen LogP) is 9.80. The molecule has 4 bridgehead atoms. The Morgan fingerprint density at radius 2 is 1.67 bits per heavy atom. The summed E-state index contributed by atoms with van der Waals surface area (Å²) in [5.41, 5.74) is -1.39. The summed E-state index contributed by atoms with van der Waals surface area (Å²) in [4.78, 5) is 31.3. The number of nitrogens with one attached hydrogen (secondary N) is 1. The first-order valence-corrected chi connectivity index (χ1v) is 21.9. The lowest BCUT2D eigenvalue weighted by Crippen LogP contribution is -2.67. The molecular formula is C48H60ClFN2O5. The van der Waals surface area contributed by atoms with Gasteiger partial charge in [-0.2, -0.15) is 0 Å². The van der Waals surface area contributed by atoms with Gasteiger partial charge in [-0.25, -0.2) is 9.18 Å². The number of benzene rings is 2. The Balaban J connectivity index is 1.08. The zero-order valence-electron chi connectivity index (χ0n) is 34.3. The molecule has 7 nitrogen and oxygen atoms in total. The summed E-state index contributed by atoms with van der Waals surface area (Å²) in [5, 5.41) is 27.8. The van der Waals surface area contributed by atoms with Crippen LogP contribution in [-0.4, -0.2) is 58.8 Å². The van der Waals surface area contributed by atoms with Gasteiger partial charge in [-0.1, -0.05) is 63.6 Å². The second kappa shape index (κ2) is 13.4. The average molecular weight is 799 g/mol. The van der Waals surface area contributed by atoms with Gasteiger partial charge in [0.25, 0.3) is 0 Å². The summed E-state index contributed by atoms with van der Waals surface area (Å²) in [6.07, 6.45) is 14.4. The van der Waals surface area contributed by atoms with E-state index in [2.05, 4.69) is 51.2 Å². The van der Waals surface area contributed by atoms with Crippen molar-refractivity contribution in [2.24, 2.45) is 56.7 Å². The van der Waals surface area contributed by atoms with Crippen molar-refractivity contribution >= 4 is 29.1 Å². The molecule has 2 spiro atoms. The number of amides is 2. The molecule has 9 aliphatic rings. The molecule has 57 heavy (non-hydrogen) atoms. The van der Waals surface area contributed by atoms with E-state index < -0.39 is 33.8 Å². The highest BCUT2D eigenvalue weighted by atomic mass is 35.5. The first kappa shape index (κ1) is 39.3. The average Bonchev–Trinajstić information content (AvgIpc) is 3.45. The maximum atomic E-state index is 15.3. The van der Waals surface area contributed by atoms with Crippen molar-refractivity contribution in [1.82, 2.24) is 4.90 Å². The van der Waals surface area contributed by atoms with E-state index in [1.165, 1.54) is 18.9 Å². The van der Waals surface area contributed by atoms with Crippen molar-refractivity contribution in [1.29, 1.82) is 0 Å². The lowest BCUT2D eigenvalue weighted by molar-refractivity contribution is -0.178. The van der Waals surface area contributed by atoms with Crippen LogP contribution < -0.4 is 10.1 Å². The first-order valence-electron chi connectivity index (χ1n) is 21.5. The predicted molar refractivity (Wildman–Crippen MR) is 220 cm³/mol. The number of methoxy groups -OCH3 is 1. The van der Waals surface area contributed by atoms with Crippen LogP contribution in [0.2, 0.25) is 5.02 Å². The minimum absolute atomic E-state index is 0.0919. The Bertz CT molecular complexity index is 2010. The van der Waals surface area contributed by atoms with Crippen LogP contribution in [0.4, 0.5) is 14.9 Å². The number of allylic oxidation sites excluding steroid dienone is 4. The molecule has 0 radical (unpaired) electrons. The molecule has 3 N–H and O–H groups in total. The number of anilines is 1. The van der Waals surface area contributed by atoms with Crippen LogP contribution in [0.5, 0.6) is 5.75 Å². The Hall–Kier alpha value is -3.20. The minimum Gasteiger partial charge on any atom is -0.497 e. The van der Waals surface area contributed by atoms with Crippen molar-refractivity contribution in [3.8, 4) is 5.75 Å². The van der Waals surface area contributed by atoms with Crippen LogP contribution in [-0.2, 0) is 11.2 Å². The number of carbonyl (C=O) groups excluding carboxylic acids is 2. The number of aliphatic hydroxyl groups excluding tert-OH is 1. The van der Waals surface area contributed by atoms with Crippen LogP contribution in [0.1, 0.15) is 97.5 Å². The van der Waals surface area contributed by atoms with E-state index in [9.17, 15) is 19.8 Å². The number of carbonyl (C=O) groups is 2. The number of ether oxygens (including phenoxy) is 1. The van der Waals surface area contributed by atoms with Crippen molar-refractivity contribution in [3.05, 3.63) is 82.7 Å². The van der Waals surface area contributed by atoms with E-state index >= 15 is 4.39 Å². The number of hydrogen-bond acceptors (Lipinski definition) is 5. The fraction of sp³-hybridized carbons (Fsp3) is 0.625. The number of Topliss-reactive ketones (excluding diaryl/α,β-unsaturated/α-hetero) is 1. The van der Waals surface area contributed by atoms with Crippen molar-refractivity contribution in [2.75, 3.05) is 25.5 Å². The van der Waals surface area contributed by atoms with E-state index in [-0.39, 0.29) is 58.0 Å². The summed E-state index contributed by atoms with van der Waals surface area (Å²) in [6, 6.07) is 11.7. The molecule has 306 valence electrons. The van der Waals surface area contributed by atoms with Gasteiger partial charge in [-0.3, -0.25) is 4.79 Å². The molecule has 0 heterocycles.